The van der Waals surface area contributed by atoms with Crippen LogP contribution in [0, 0.1) is 6.92 Å². The molecule has 0 saturated carbocycles. The molecule has 0 fully saturated rings. The lowest BCUT2D eigenvalue weighted by Crippen LogP contribution is -2.32. The number of nitrogens with zero attached hydrogens (tertiary/aromatic N) is 3. The van der Waals surface area contributed by atoms with Gasteiger partial charge in [-0.2, -0.15) is 4.98 Å². The number of aromatic nitrogens is 2. The van der Waals surface area contributed by atoms with Gasteiger partial charge in [-0.3, -0.25) is 0 Å². The summed E-state index contributed by atoms with van der Waals surface area (Å²) in [6.07, 6.45) is 0.894. The van der Waals surface area contributed by atoms with Gasteiger partial charge in [-0.1, -0.05) is 5.16 Å². The van der Waals surface area contributed by atoms with E-state index in [9.17, 15) is 0 Å². The molecule has 7 nitrogen and oxygen atoms in total. The lowest BCUT2D eigenvalue weighted by molar-refractivity contribution is 0.145. The van der Waals surface area contributed by atoms with Gasteiger partial charge in [0.05, 0.1) is 0 Å². The standard InChI is InChI=1S/C10H19N5O2/c1-3-16-6-4-5-12-10(11)13-7-9-14-8(2)17-15-9/h3-7H2,1-2H3,(H3,11,12,13). The third kappa shape index (κ3) is 5.86. The summed E-state index contributed by atoms with van der Waals surface area (Å²) in [6, 6.07) is 0. The molecular weight excluding hydrogens is 222 g/mol. The van der Waals surface area contributed by atoms with Gasteiger partial charge in [-0.05, 0) is 13.3 Å². The minimum atomic E-state index is 0.321. The summed E-state index contributed by atoms with van der Waals surface area (Å²) in [6.45, 7) is 6.22. The van der Waals surface area contributed by atoms with E-state index < -0.39 is 0 Å². The van der Waals surface area contributed by atoms with Gasteiger partial charge in [-0.15, -0.1) is 0 Å². The van der Waals surface area contributed by atoms with Crippen molar-refractivity contribution in [3.05, 3.63) is 11.7 Å². The van der Waals surface area contributed by atoms with Gasteiger partial charge in [0.15, 0.2) is 11.8 Å². The van der Waals surface area contributed by atoms with Crippen molar-refractivity contribution < 1.29 is 9.26 Å². The Labute approximate surface area is 100 Å². The van der Waals surface area contributed by atoms with Crippen LogP contribution < -0.4 is 11.1 Å². The number of ether oxygens (including phenoxy) is 1. The van der Waals surface area contributed by atoms with Crippen molar-refractivity contribution >= 4 is 5.96 Å². The smallest absolute Gasteiger partial charge is 0.223 e. The van der Waals surface area contributed by atoms with Gasteiger partial charge in [-0.25, -0.2) is 4.99 Å². The minimum absolute atomic E-state index is 0.321. The number of hydrogen-bond acceptors (Lipinski definition) is 5. The van der Waals surface area contributed by atoms with Crippen molar-refractivity contribution in [2.24, 2.45) is 10.7 Å². The first-order valence-electron chi connectivity index (χ1n) is 5.63. The zero-order valence-corrected chi connectivity index (χ0v) is 10.3. The van der Waals surface area contributed by atoms with Gasteiger partial charge in [0, 0.05) is 26.7 Å². The van der Waals surface area contributed by atoms with Gasteiger partial charge in [0.2, 0.25) is 5.89 Å². The molecular formula is C10H19N5O2. The first kappa shape index (κ1) is 13.4. The molecule has 0 aliphatic rings. The van der Waals surface area contributed by atoms with Crippen LogP contribution in [0.3, 0.4) is 0 Å². The van der Waals surface area contributed by atoms with E-state index in [2.05, 4.69) is 20.4 Å². The van der Waals surface area contributed by atoms with Crippen LogP contribution in [0.1, 0.15) is 25.1 Å². The first-order valence-corrected chi connectivity index (χ1v) is 5.63. The molecule has 0 aromatic carbocycles. The molecule has 1 rings (SSSR count). The van der Waals surface area contributed by atoms with Crippen molar-refractivity contribution in [1.29, 1.82) is 0 Å². The summed E-state index contributed by atoms with van der Waals surface area (Å²) in [5, 5.41) is 6.69. The fourth-order valence-electron chi connectivity index (χ4n) is 1.15. The number of aryl methyl sites for hydroxylation is 1. The van der Waals surface area contributed by atoms with Crippen molar-refractivity contribution in [2.75, 3.05) is 19.8 Å². The molecule has 96 valence electrons. The lowest BCUT2D eigenvalue weighted by atomic mass is 10.4. The Morgan fingerprint density at radius 3 is 3.06 bits per heavy atom. The van der Waals surface area contributed by atoms with Crippen LogP contribution in [0.4, 0.5) is 0 Å². The van der Waals surface area contributed by atoms with Gasteiger partial charge in [0.25, 0.3) is 0 Å². The quantitative estimate of drug-likeness (QED) is 0.402. The third-order valence-electron chi connectivity index (χ3n) is 1.94. The van der Waals surface area contributed by atoms with Crippen LogP contribution in [0.25, 0.3) is 0 Å². The number of hydrogen-bond donors (Lipinski definition) is 2. The maximum atomic E-state index is 5.65. The Morgan fingerprint density at radius 2 is 2.41 bits per heavy atom. The number of aliphatic imine (C=N–C) groups is 1. The van der Waals surface area contributed by atoms with Gasteiger partial charge in [0.1, 0.15) is 6.54 Å². The Morgan fingerprint density at radius 1 is 1.59 bits per heavy atom. The molecule has 0 unspecified atom stereocenters. The van der Waals surface area contributed by atoms with E-state index in [-0.39, 0.29) is 0 Å². The Bertz CT molecular complexity index is 350. The van der Waals surface area contributed by atoms with E-state index in [4.69, 9.17) is 15.0 Å². The Kier molecular flexibility index (Phi) is 6.02. The highest BCUT2D eigenvalue weighted by Gasteiger charge is 2.00. The molecule has 0 radical (unpaired) electrons. The summed E-state index contributed by atoms with van der Waals surface area (Å²) < 4.78 is 10.0. The SMILES string of the molecule is CCOCCCNC(N)=NCc1noc(C)n1. The summed E-state index contributed by atoms with van der Waals surface area (Å²) in [4.78, 5) is 8.10. The Hall–Kier alpha value is -1.63. The highest BCUT2D eigenvalue weighted by molar-refractivity contribution is 5.77. The van der Waals surface area contributed by atoms with Crippen LogP contribution in [0.5, 0.6) is 0 Å². The zero-order valence-electron chi connectivity index (χ0n) is 10.3. The second-order valence-electron chi connectivity index (χ2n) is 3.41. The molecule has 0 atom stereocenters. The molecule has 3 N–H and O–H groups in total. The van der Waals surface area contributed by atoms with Crippen molar-refractivity contribution in [1.82, 2.24) is 15.5 Å². The van der Waals surface area contributed by atoms with Gasteiger partial charge >= 0.3 is 0 Å². The monoisotopic (exact) mass is 241 g/mol. The summed E-state index contributed by atoms with van der Waals surface area (Å²) in [5.41, 5.74) is 5.65. The molecule has 0 bridgehead atoms. The van der Waals surface area contributed by atoms with E-state index in [0.717, 1.165) is 26.2 Å². The second kappa shape index (κ2) is 7.61. The number of guanidine groups is 1. The van der Waals surface area contributed by atoms with E-state index in [1.165, 1.54) is 0 Å². The molecule has 0 saturated heterocycles. The lowest BCUT2D eigenvalue weighted by Gasteiger charge is -2.04. The van der Waals surface area contributed by atoms with Crippen LogP contribution in [0.15, 0.2) is 9.52 Å². The number of nitrogens with two attached hydrogens (primary N) is 1. The maximum absolute atomic E-state index is 5.65. The third-order valence-corrected chi connectivity index (χ3v) is 1.94. The molecule has 1 aromatic heterocycles. The maximum Gasteiger partial charge on any atom is 0.223 e. The molecule has 7 heteroatoms. The fraction of sp³-hybridized carbons (Fsp3) is 0.700. The zero-order chi connectivity index (χ0) is 12.5. The predicted molar refractivity (Wildman–Crippen MR) is 63.5 cm³/mol. The highest BCUT2D eigenvalue weighted by Crippen LogP contribution is 1.95. The van der Waals surface area contributed by atoms with E-state index >= 15 is 0 Å². The van der Waals surface area contributed by atoms with E-state index in [0.29, 0.717) is 24.2 Å². The molecule has 0 aliphatic heterocycles. The fourth-order valence-corrected chi connectivity index (χ4v) is 1.15. The van der Waals surface area contributed by atoms with Crippen LogP contribution >= 0.6 is 0 Å². The van der Waals surface area contributed by atoms with Crippen LogP contribution in [-0.2, 0) is 11.3 Å². The van der Waals surface area contributed by atoms with Crippen LogP contribution in [0.2, 0.25) is 0 Å². The predicted octanol–water partition coefficient (Wildman–Crippen LogP) is 0.209. The first-order chi connectivity index (χ1) is 8.22. The Balaban J connectivity index is 2.16. The van der Waals surface area contributed by atoms with Crippen molar-refractivity contribution in [2.45, 2.75) is 26.8 Å². The number of nitrogens with one attached hydrogen (secondary N) is 1. The molecule has 17 heavy (non-hydrogen) atoms. The van der Waals surface area contributed by atoms with E-state index in [1.807, 2.05) is 6.92 Å². The second-order valence-corrected chi connectivity index (χ2v) is 3.41. The summed E-state index contributed by atoms with van der Waals surface area (Å²) in [7, 11) is 0. The van der Waals surface area contributed by atoms with Gasteiger partial charge < -0.3 is 20.3 Å². The average molecular weight is 241 g/mol. The highest BCUT2D eigenvalue weighted by atomic mass is 16.5. The van der Waals surface area contributed by atoms with Crippen molar-refractivity contribution in [3.8, 4) is 0 Å². The van der Waals surface area contributed by atoms with Crippen LogP contribution in [-0.4, -0.2) is 35.9 Å². The molecule has 1 aromatic rings. The normalized spacial score (nSPS) is 11.8. The van der Waals surface area contributed by atoms with Crippen molar-refractivity contribution in [3.63, 3.8) is 0 Å². The van der Waals surface area contributed by atoms with E-state index in [1.54, 1.807) is 6.92 Å². The topological polar surface area (TPSA) is 98.6 Å². The minimum Gasteiger partial charge on any atom is -0.382 e. The summed E-state index contributed by atoms with van der Waals surface area (Å²) in [5.74, 6) is 1.43. The number of rotatable bonds is 7. The average Bonchev–Trinajstić information content (AvgIpc) is 2.72. The molecule has 0 aliphatic carbocycles. The molecule has 0 amide bonds. The summed E-state index contributed by atoms with van der Waals surface area (Å²) >= 11 is 0. The largest absolute Gasteiger partial charge is 0.382 e. The molecule has 0 spiro atoms. The molecule has 1 heterocycles.